The molecule has 0 radical (unpaired) electrons. The van der Waals surface area contributed by atoms with Gasteiger partial charge in [0.25, 0.3) is 5.91 Å². The van der Waals surface area contributed by atoms with Crippen molar-refractivity contribution >= 4 is 30.7 Å². The van der Waals surface area contributed by atoms with Gasteiger partial charge in [0.05, 0.1) is 12.2 Å². The number of piperazine rings is 1. The molecule has 136 valence electrons. The molecule has 0 bridgehead atoms. The zero-order valence-electron chi connectivity index (χ0n) is 13.4. The van der Waals surface area contributed by atoms with E-state index in [-0.39, 0.29) is 49.2 Å². The molecule has 2 aromatic rings. The van der Waals surface area contributed by atoms with Gasteiger partial charge in [0.15, 0.2) is 6.61 Å². The van der Waals surface area contributed by atoms with Crippen molar-refractivity contribution in [3.63, 3.8) is 0 Å². The number of hydrogen-bond acceptors (Lipinski definition) is 4. The minimum absolute atomic E-state index is 0. The molecule has 1 aliphatic heterocycles. The van der Waals surface area contributed by atoms with Crippen molar-refractivity contribution < 1.29 is 13.9 Å². The summed E-state index contributed by atoms with van der Waals surface area (Å²) in [6.07, 6.45) is 3.21. The van der Waals surface area contributed by atoms with Crippen molar-refractivity contribution in [2.45, 2.75) is 6.04 Å². The monoisotopic (exact) mass is 387 g/mol. The zero-order chi connectivity index (χ0) is 16.1. The summed E-state index contributed by atoms with van der Waals surface area (Å²) in [5.41, 5.74) is 0.784. The van der Waals surface area contributed by atoms with Crippen molar-refractivity contribution in [1.29, 1.82) is 0 Å². The average molecular weight is 388 g/mol. The van der Waals surface area contributed by atoms with Crippen LogP contribution >= 0.6 is 24.8 Å². The highest BCUT2D eigenvalue weighted by molar-refractivity contribution is 5.85. The Bertz CT molecular complexity index is 676. The van der Waals surface area contributed by atoms with E-state index in [1.807, 2.05) is 6.07 Å². The molecule has 1 unspecified atom stereocenters. The fourth-order valence-electron chi connectivity index (χ4n) is 2.67. The largest absolute Gasteiger partial charge is 0.482 e. The molecule has 8 heteroatoms. The first-order chi connectivity index (χ1) is 11.2. The Hall–Kier alpha value is -1.89. The molecule has 25 heavy (non-hydrogen) atoms. The maximum Gasteiger partial charge on any atom is 0.261 e. The molecule has 1 atom stereocenters. The van der Waals surface area contributed by atoms with Crippen molar-refractivity contribution in [1.82, 2.24) is 15.2 Å². The summed E-state index contributed by atoms with van der Waals surface area (Å²) < 4.78 is 18.9. The number of halogens is 3. The Morgan fingerprint density at radius 3 is 2.88 bits per heavy atom. The lowest BCUT2D eigenvalue weighted by atomic mass is 10.0. The van der Waals surface area contributed by atoms with Gasteiger partial charge in [-0.15, -0.1) is 24.8 Å². The maximum absolute atomic E-state index is 13.5. The van der Waals surface area contributed by atoms with Crippen LogP contribution in [0.5, 0.6) is 5.75 Å². The van der Waals surface area contributed by atoms with Gasteiger partial charge < -0.3 is 15.0 Å². The first-order valence-electron chi connectivity index (χ1n) is 7.52. The number of rotatable bonds is 4. The van der Waals surface area contributed by atoms with Crippen molar-refractivity contribution in [3.05, 3.63) is 60.2 Å². The highest BCUT2D eigenvalue weighted by Crippen LogP contribution is 2.23. The number of benzene rings is 1. The van der Waals surface area contributed by atoms with E-state index >= 15 is 0 Å². The lowest BCUT2D eigenvalue weighted by Crippen LogP contribution is -2.50. The molecule has 1 aromatic heterocycles. The molecule has 1 saturated heterocycles. The molecule has 5 nitrogen and oxygen atoms in total. The summed E-state index contributed by atoms with van der Waals surface area (Å²) in [6.45, 7) is 1.82. The van der Waals surface area contributed by atoms with E-state index in [1.165, 1.54) is 12.1 Å². The Labute approximate surface area is 158 Å². The van der Waals surface area contributed by atoms with E-state index in [1.54, 1.807) is 35.5 Å². The van der Waals surface area contributed by atoms with E-state index in [0.29, 0.717) is 25.4 Å². The fourth-order valence-corrected chi connectivity index (χ4v) is 2.67. The second kappa shape index (κ2) is 10.2. The standard InChI is InChI=1S/C17H18FN3O2.2ClH/c18-14-4-1-3-13(9-14)16-11-20-7-8-21(16)17(22)12-23-15-5-2-6-19-10-15;;/h1-6,9-10,16,20H,7-8,11-12H2;2*1H. The lowest BCUT2D eigenvalue weighted by molar-refractivity contribution is -0.136. The maximum atomic E-state index is 13.5. The molecule has 1 amide bonds. The van der Waals surface area contributed by atoms with Crippen LogP contribution in [0.25, 0.3) is 0 Å². The molecule has 1 N–H and O–H groups in total. The Balaban J connectivity index is 0.00000156. The van der Waals surface area contributed by atoms with Gasteiger partial charge >= 0.3 is 0 Å². The normalized spacial score (nSPS) is 16.4. The van der Waals surface area contributed by atoms with Gasteiger partial charge in [0.1, 0.15) is 11.6 Å². The van der Waals surface area contributed by atoms with Gasteiger partial charge in [-0.2, -0.15) is 0 Å². The van der Waals surface area contributed by atoms with E-state index < -0.39 is 0 Å². The van der Waals surface area contributed by atoms with Crippen LogP contribution in [0.4, 0.5) is 4.39 Å². The van der Waals surface area contributed by atoms with Crippen LogP contribution < -0.4 is 10.1 Å². The number of nitrogens with zero attached hydrogens (tertiary/aromatic N) is 2. The summed E-state index contributed by atoms with van der Waals surface area (Å²) >= 11 is 0. The third-order valence-corrected chi connectivity index (χ3v) is 3.79. The van der Waals surface area contributed by atoms with Crippen LogP contribution in [0.15, 0.2) is 48.8 Å². The van der Waals surface area contributed by atoms with Crippen LogP contribution in [-0.4, -0.2) is 42.0 Å². The van der Waals surface area contributed by atoms with Crippen LogP contribution in [0.1, 0.15) is 11.6 Å². The quantitative estimate of drug-likeness (QED) is 0.875. The smallest absolute Gasteiger partial charge is 0.261 e. The summed E-state index contributed by atoms with van der Waals surface area (Å²) in [6, 6.07) is 9.68. The summed E-state index contributed by atoms with van der Waals surface area (Å²) in [5, 5.41) is 3.24. The first-order valence-corrected chi connectivity index (χ1v) is 7.52. The van der Waals surface area contributed by atoms with Crippen LogP contribution in [0.3, 0.4) is 0 Å². The number of carbonyl (C=O) groups is 1. The van der Waals surface area contributed by atoms with E-state index in [2.05, 4.69) is 10.3 Å². The highest BCUT2D eigenvalue weighted by atomic mass is 35.5. The molecule has 1 aromatic carbocycles. The minimum Gasteiger partial charge on any atom is -0.482 e. The van der Waals surface area contributed by atoms with E-state index in [4.69, 9.17) is 4.74 Å². The molecule has 3 rings (SSSR count). The second-order valence-corrected chi connectivity index (χ2v) is 5.34. The Kier molecular flexibility index (Phi) is 8.61. The third-order valence-electron chi connectivity index (χ3n) is 3.79. The number of nitrogens with one attached hydrogen (secondary N) is 1. The number of ether oxygens (including phenoxy) is 1. The highest BCUT2D eigenvalue weighted by Gasteiger charge is 2.28. The molecule has 1 aliphatic rings. The number of carbonyl (C=O) groups excluding carboxylic acids is 1. The van der Waals surface area contributed by atoms with Gasteiger partial charge in [0, 0.05) is 25.8 Å². The average Bonchev–Trinajstić information content (AvgIpc) is 2.60. The van der Waals surface area contributed by atoms with E-state index in [0.717, 1.165) is 5.56 Å². The van der Waals surface area contributed by atoms with Gasteiger partial charge in [-0.05, 0) is 29.8 Å². The lowest BCUT2D eigenvalue weighted by Gasteiger charge is -2.36. The van der Waals surface area contributed by atoms with Crippen LogP contribution in [0, 0.1) is 5.82 Å². The molecular formula is C17H20Cl2FN3O2. The molecule has 2 heterocycles. The van der Waals surface area contributed by atoms with Gasteiger partial charge in [-0.25, -0.2) is 4.39 Å². The first kappa shape index (κ1) is 21.2. The summed E-state index contributed by atoms with van der Waals surface area (Å²) in [5.74, 6) is 0.134. The SMILES string of the molecule is Cl.Cl.O=C(COc1cccnc1)N1CCNCC1c1cccc(F)c1. The molecular weight excluding hydrogens is 368 g/mol. The molecule has 0 saturated carbocycles. The summed E-state index contributed by atoms with van der Waals surface area (Å²) in [4.78, 5) is 18.2. The topological polar surface area (TPSA) is 54.5 Å². The summed E-state index contributed by atoms with van der Waals surface area (Å²) in [7, 11) is 0. The van der Waals surface area contributed by atoms with Gasteiger partial charge in [-0.1, -0.05) is 12.1 Å². The van der Waals surface area contributed by atoms with Gasteiger partial charge in [-0.3, -0.25) is 9.78 Å². The third kappa shape index (κ3) is 5.56. The minimum atomic E-state index is -0.299. The molecule has 0 aliphatic carbocycles. The number of pyridine rings is 1. The van der Waals surface area contributed by atoms with Crippen molar-refractivity contribution in [3.8, 4) is 5.75 Å². The van der Waals surface area contributed by atoms with Crippen LogP contribution in [0.2, 0.25) is 0 Å². The number of aromatic nitrogens is 1. The van der Waals surface area contributed by atoms with Crippen molar-refractivity contribution in [2.24, 2.45) is 0 Å². The predicted molar refractivity (Wildman–Crippen MR) is 98.0 cm³/mol. The Morgan fingerprint density at radius 2 is 2.16 bits per heavy atom. The number of amides is 1. The number of hydrogen-bond donors (Lipinski definition) is 1. The Morgan fingerprint density at radius 1 is 1.32 bits per heavy atom. The molecule has 1 fully saturated rings. The zero-order valence-corrected chi connectivity index (χ0v) is 15.1. The van der Waals surface area contributed by atoms with E-state index in [9.17, 15) is 9.18 Å². The second-order valence-electron chi connectivity index (χ2n) is 5.34. The molecule has 0 spiro atoms. The fraction of sp³-hybridized carbons (Fsp3) is 0.294. The van der Waals surface area contributed by atoms with Crippen molar-refractivity contribution in [2.75, 3.05) is 26.2 Å². The predicted octanol–water partition coefficient (Wildman–Crippen LogP) is 2.62. The van der Waals surface area contributed by atoms with Gasteiger partial charge in [0.2, 0.25) is 0 Å². The van der Waals surface area contributed by atoms with Crippen LogP contribution in [-0.2, 0) is 4.79 Å².